The lowest BCUT2D eigenvalue weighted by molar-refractivity contribution is 0.0686. The van der Waals surface area contributed by atoms with Crippen LogP contribution in [-0.4, -0.2) is 26.0 Å². The number of aromatic carboxylic acids is 1. The second kappa shape index (κ2) is 4.20. The smallest absolute Gasteiger partial charge is 0.358 e. The van der Waals surface area contributed by atoms with E-state index in [1.165, 1.54) is 6.07 Å². The summed E-state index contributed by atoms with van der Waals surface area (Å²) in [6.07, 6.45) is 0. The topological polar surface area (TPSA) is 81.2 Å². The minimum absolute atomic E-state index is 0.111. The number of halogens is 1. The van der Waals surface area contributed by atoms with Crippen molar-refractivity contribution in [2.24, 2.45) is 7.05 Å². The van der Waals surface area contributed by atoms with Crippen LogP contribution < -0.4 is 0 Å². The number of carboxylic acid groups (broad SMARTS) is 1. The van der Waals surface area contributed by atoms with Gasteiger partial charge in [0.25, 0.3) is 0 Å². The summed E-state index contributed by atoms with van der Waals surface area (Å²) in [5.41, 5.74) is 1.61. The van der Waals surface area contributed by atoms with Gasteiger partial charge < -0.3 is 9.63 Å². The fourth-order valence-corrected chi connectivity index (χ4v) is 2.44. The van der Waals surface area contributed by atoms with Crippen molar-refractivity contribution in [2.45, 2.75) is 0 Å². The summed E-state index contributed by atoms with van der Waals surface area (Å²) in [4.78, 5) is 10.8. The average Bonchev–Trinajstić information content (AvgIpc) is 2.96. The van der Waals surface area contributed by atoms with E-state index in [0.29, 0.717) is 5.76 Å². The molecule has 0 aliphatic carbocycles. The summed E-state index contributed by atoms with van der Waals surface area (Å²) in [6.45, 7) is 0. The van der Waals surface area contributed by atoms with Gasteiger partial charge in [-0.25, -0.2) is 4.79 Å². The normalized spacial score (nSPS) is 11.1. The Balaban J connectivity index is 2.14. The van der Waals surface area contributed by atoms with Gasteiger partial charge in [0.15, 0.2) is 11.5 Å². The lowest BCUT2D eigenvalue weighted by Crippen LogP contribution is -1.94. The van der Waals surface area contributed by atoms with Crippen LogP contribution in [0.25, 0.3) is 22.2 Å². The van der Waals surface area contributed by atoms with Crippen LogP contribution in [0.4, 0.5) is 0 Å². The molecule has 7 heteroatoms. The van der Waals surface area contributed by atoms with Crippen molar-refractivity contribution < 1.29 is 14.4 Å². The molecule has 1 N–H and O–H groups in total. The maximum absolute atomic E-state index is 10.8. The highest BCUT2D eigenvalue weighted by molar-refractivity contribution is 9.10. The molecule has 6 nitrogen and oxygen atoms in total. The molecule has 0 fully saturated rings. The maximum atomic E-state index is 10.8. The van der Waals surface area contributed by atoms with Gasteiger partial charge in [0.1, 0.15) is 4.60 Å². The Morgan fingerprint density at radius 2 is 2.21 bits per heavy atom. The lowest BCUT2D eigenvalue weighted by Gasteiger charge is -1.97. The van der Waals surface area contributed by atoms with Gasteiger partial charge in [-0.3, -0.25) is 4.68 Å². The van der Waals surface area contributed by atoms with Crippen LogP contribution in [0.15, 0.2) is 33.4 Å². The summed E-state index contributed by atoms with van der Waals surface area (Å²) >= 11 is 3.38. The van der Waals surface area contributed by atoms with Crippen LogP contribution in [0.2, 0.25) is 0 Å². The summed E-state index contributed by atoms with van der Waals surface area (Å²) in [5, 5.41) is 17.5. The molecule has 2 heterocycles. The molecule has 0 saturated carbocycles. The van der Waals surface area contributed by atoms with Gasteiger partial charge in [-0.15, -0.1) is 0 Å². The SMILES string of the molecule is Cn1nc(Br)c2cc(-c3cc(C(=O)O)no3)ccc21. The number of fused-ring (bicyclic) bond motifs is 1. The van der Waals surface area contributed by atoms with Crippen molar-refractivity contribution in [3.05, 3.63) is 34.6 Å². The van der Waals surface area contributed by atoms with Crippen molar-refractivity contribution in [2.75, 3.05) is 0 Å². The highest BCUT2D eigenvalue weighted by Gasteiger charge is 2.14. The number of rotatable bonds is 2. The van der Waals surface area contributed by atoms with Gasteiger partial charge in [0, 0.05) is 24.1 Å². The van der Waals surface area contributed by atoms with E-state index in [9.17, 15) is 4.79 Å². The molecular weight excluding hydrogens is 314 g/mol. The van der Waals surface area contributed by atoms with Crippen LogP contribution >= 0.6 is 15.9 Å². The minimum Gasteiger partial charge on any atom is -0.476 e. The van der Waals surface area contributed by atoms with Crippen molar-refractivity contribution in [3.63, 3.8) is 0 Å². The van der Waals surface area contributed by atoms with E-state index in [1.54, 1.807) is 4.68 Å². The molecule has 0 atom stereocenters. The minimum atomic E-state index is -1.11. The number of hydrogen-bond acceptors (Lipinski definition) is 4. The van der Waals surface area contributed by atoms with Crippen molar-refractivity contribution >= 4 is 32.8 Å². The molecule has 3 rings (SSSR count). The largest absolute Gasteiger partial charge is 0.476 e. The number of aromatic nitrogens is 3. The second-order valence-electron chi connectivity index (χ2n) is 4.03. The summed E-state index contributed by atoms with van der Waals surface area (Å²) in [5.74, 6) is -0.700. The number of carboxylic acids is 1. The molecule has 96 valence electrons. The standard InChI is InChI=1S/C12H8BrN3O3/c1-16-9-3-2-6(4-7(9)11(13)14-16)10-5-8(12(17)18)15-19-10/h2-5H,1H3,(H,17,18). The Labute approximate surface area is 115 Å². The Bertz CT molecular complexity index is 791. The Morgan fingerprint density at radius 1 is 1.42 bits per heavy atom. The van der Waals surface area contributed by atoms with E-state index in [1.807, 2.05) is 25.2 Å². The predicted molar refractivity (Wildman–Crippen MR) is 70.9 cm³/mol. The van der Waals surface area contributed by atoms with Gasteiger partial charge in [-0.2, -0.15) is 5.10 Å². The third-order valence-corrected chi connectivity index (χ3v) is 3.40. The van der Waals surface area contributed by atoms with Crippen molar-refractivity contribution in [3.8, 4) is 11.3 Å². The van der Waals surface area contributed by atoms with Gasteiger partial charge in [-0.05, 0) is 34.1 Å². The third-order valence-electron chi connectivity index (χ3n) is 2.82. The van der Waals surface area contributed by atoms with E-state index in [4.69, 9.17) is 9.63 Å². The number of carbonyl (C=O) groups is 1. The Kier molecular flexibility index (Phi) is 2.63. The maximum Gasteiger partial charge on any atom is 0.358 e. The molecule has 3 aromatic rings. The van der Waals surface area contributed by atoms with Crippen LogP contribution in [0.1, 0.15) is 10.5 Å². The monoisotopic (exact) mass is 321 g/mol. The van der Waals surface area contributed by atoms with Crippen LogP contribution in [-0.2, 0) is 7.05 Å². The molecule has 0 radical (unpaired) electrons. The molecule has 0 saturated heterocycles. The van der Waals surface area contributed by atoms with Gasteiger partial charge in [0.05, 0.1) is 5.52 Å². The first-order chi connectivity index (χ1) is 9.06. The zero-order valence-electron chi connectivity index (χ0n) is 9.79. The fourth-order valence-electron chi connectivity index (χ4n) is 1.89. The molecule has 0 aliphatic rings. The van der Waals surface area contributed by atoms with E-state index < -0.39 is 5.97 Å². The van der Waals surface area contributed by atoms with Crippen LogP contribution in [0.5, 0.6) is 0 Å². The van der Waals surface area contributed by atoms with Crippen molar-refractivity contribution in [1.29, 1.82) is 0 Å². The lowest BCUT2D eigenvalue weighted by atomic mass is 10.1. The molecule has 19 heavy (non-hydrogen) atoms. The van der Waals surface area contributed by atoms with Gasteiger partial charge in [-0.1, -0.05) is 5.16 Å². The third kappa shape index (κ3) is 1.91. The molecule has 0 bridgehead atoms. The van der Waals surface area contributed by atoms with Gasteiger partial charge in [0.2, 0.25) is 0 Å². The Hall–Kier alpha value is -2.15. The van der Waals surface area contributed by atoms with Crippen LogP contribution in [0, 0.1) is 0 Å². The summed E-state index contributed by atoms with van der Waals surface area (Å²) < 4.78 is 7.52. The second-order valence-corrected chi connectivity index (χ2v) is 4.78. The molecule has 0 amide bonds. The number of aryl methyl sites for hydroxylation is 1. The average molecular weight is 322 g/mol. The first-order valence-electron chi connectivity index (χ1n) is 5.39. The number of benzene rings is 1. The summed E-state index contributed by atoms with van der Waals surface area (Å²) in [7, 11) is 1.85. The molecular formula is C12H8BrN3O3. The molecule has 0 spiro atoms. The number of hydrogen-bond donors (Lipinski definition) is 1. The van der Waals surface area contributed by atoms with Crippen LogP contribution in [0.3, 0.4) is 0 Å². The highest BCUT2D eigenvalue weighted by atomic mass is 79.9. The fraction of sp³-hybridized carbons (Fsp3) is 0.0833. The van der Waals surface area contributed by atoms with E-state index in [-0.39, 0.29) is 5.69 Å². The molecule has 0 aliphatic heterocycles. The predicted octanol–water partition coefficient (Wildman–Crippen LogP) is 2.69. The molecule has 2 aromatic heterocycles. The van der Waals surface area contributed by atoms with E-state index in [2.05, 4.69) is 26.2 Å². The van der Waals surface area contributed by atoms with E-state index >= 15 is 0 Å². The molecule has 0 unspecified atom stereocenters. The quantitative estimate of drug-likeness (QED) is 0.784. The zero-order chi connectivity index (χ0) is 13.6. The molecule has 1 aromatic carbocycles. The highest BCUT2D eigenvalue weighted by Crippen LogP contribution is 2.29. The zero-order valence-corrected chi connectivity index (χ0v) is 11.4. The van der Waals surface area contributed by atoms with Gasteiger partial charge >= 0.3 is 5.97 Å². The first-order valence-corrected chi connectivity index (χ1v) is 6.18. The van der Waals surface area contributed by atoms with E-state index in [0.717, 1.165) is 21.1 Å². The summed E-state index contributed by atoms with van der Waals surface area (Å²) in [6, 6.07) is 7.00. The van der Waals surface area contributed by atoms with Crippen molar-refractivity contribution in [1.82, 2.24) is 14.9 Å². The Morgan fingerprint density at radius 3 is 2.89 bits per heavy atom. The first kappa shape index (κ1) is 11.9. The number of nitrogens with zero attached hydrogens (tertiary/aromatic N) is 3.